The first-order chi connectivity index (χ1) is 18.6. The van der Waals surface area contributed by atoms with E-state index in [9.17, 15) is 4.79 Å². The van der Waals surface area contributed by atoms with Crippen LogP contribution < -0.4 is 10.2 Å². The number of carbonyl (C=O) groups excluding carboxylic acids is 1. The zero-order valence-corrected chi connectivity index (χ0v) is 21.3. The molecule has 38 heavy (non-hydrogen) atoms. The van der Waals surface area contributed by atoms with E-state index in [0.29, 0.717) is 24.6 Å². The molecule has 188 valence electrons. The molecule has 0 saturated carbocycles. The van der Waals surface area contributed by atoms with Crippen molar-refractivity contribution in [2.75, 3.05) is 36.4 Å². The fourth-order valence-electron chi connectivity index (χ4n) is 4.93. The molecule has 1 saturated heterocycles. The summed E-state index contributed by atoms with van der Waals surface area (Å²) >= 11 is 0. The normalized spacial score (nSPS) is 13.5. The van der Waals surface area contributed by atoms with Gasteiger partial charge in [0.05, 0.1) is 11.2 Å². The van der Waals surface area contributed by atoms with Crippen molar-refractivity contribution in [3.63, 3.8) is 0 Å². The first-order valence-corrected chi connectivity index (χ1v) is 12.9. The highest BCUT2D eigenvalue weighted by Gasteiger charge is 2.22. The Balaban J connectivity index is 1.18. The van der Waals surface area contributed by atoms with Crippen LogP contribution in [-0.4, -0.2) is 47.0 Å². The van der Waals surface area contributed by atoms with E-state index in [1.165, 1.54) is 11.3 Å². The monoisotopic (exact) mass is 499 g/mol. The van der Waals surface area contributed by atoms with E-state index in [1.54, 1.807) is 0 Å². The lowest BCUT2D eigenvalue weighted by atomic mass is 10.0. The third-order valence-corrected chi connectivity index (χ3v) is 6.97. The number of aryl methyl sites for hydroxylation is 1. The second-order valence-corrected chi connectivity index (χ2v) is 9.60. The molecule has 0 unspecified atom stereocenters. The van der Waals surface area contributed by atoms with E-state index in [4.69, 9.17) is 9.97 Å². The summed E-state index contributed by atoms with van der Waals surface area (Å²) in [6, 6.07) is 34.3. The van der Waals surface area contributed by atoms with Crippen LogP contribution in [0.5, 0.6) is 0 Å². The van der Waals surface area contributed by atoms with Gasteiger partial charge in [-0.1, -0.05) is 60.2 Å². The first kappa shape index (κ1) is 23.7. The van der Waals surface area contributed by atoms with E-state index in [1.807, 2.05) is 59.5 Å². The molecular formula is C32H29N5O. The largest absolute Gasteiger partial charge is 0.368 e. The summed E-state index contributed by atoms with van der Waals surface area (Å²) in [5.41, 5.74) is 6.71. The Morgan fingerprint density at radius 1 is 0.763 bits per heavy atom. The van der Waals surface area contributed by atoms with E-state index in [2.05, 4.69) is 65.7 Å². The quantitative estimate of drug-likeness (QED) is 0.307. The summed E-state index contributed by atoms with van der Waals surface area (Å²) < 4.78 is 0. The molecule has 0 radical (unpaired) electrons. The van der Waals surface area contributed by atoms with Gasteiger partial charge >= 0.3 is 0 Å². The minimum Gasteiger partial charge on any atom is -0.368 e. The molecule has 1 aliphatic heterocycles. The Kier molecular flexibility index (Phi) is 6.44. The van der Waals surface area contributed by atoms with Gasteiger partial charge in [0.15, 0.2) is 0 Å². The number of fused-ring (bicyclic) bond motifs is 1. The number of para-hydroxylation sites is 1. The van der Waals surface area contributed by atoms with Crippen molar-refractivity contribution in [3.8, 4) is 11.3 Å². The van der Waals surface area contributed by atoms with Gasteiger partial charge in [0.2, 0.25) is 5.95 Å². The van der Waals surface area contributed by atoms with Crippen LogP contribution in [0.15, 0.2) is 103 Å². The fraction of sp³-hybridized carbons (Fsp3) is 0.156. The van der Waals surface area contributed by atoms with Gasteiger partial charge in [-0.15, -0.1) is 0 Å². The van der Waals surface area contributed by atoms with Gasteiger partial charge in [0.1, 0.15) is 0 Å². The lowest BCUT2D eigenvalue weighted by molar-refractivity contribution is 0.0747. The summed E-state index contributed by atoms with van der Waals surface area (Å²) in [6.45, 7) is 5.16. The minimum atomic E-state index is 0.0629. The fourth-order valence-corrected chi connectivity index (χ4v) is 4.93. The SMILES string of the molecule is Cc1ccc2nc(Nc3ccc(C(=O)N4CCN(c5ccccc5)CC4)cc3)nc(-c3ccccc3)c2c1. The molecule has 0 spiro atoms. The molecule has 1 amide bonds. The Morgan fingerprint density at radius 3 is 2.16 bits per heavy atom. The van der Waals surface area contributed by atoms with E-state index in [0.717, 1.165) is 40.9 Å². The predicted octanol–water partition coefficient (Wildman–Crippen LogP) is 6.31. The lowest BCUT2D eigenvalue weighted by Gasteiger charge is -2.36. The number of nitrogens with one attached hydrogen (secondary N) is 1. The molecule has 6 heteroatoms. The highest BCUT2D eigenvalue weighted by molar-refractivity contribution is 5.95. The highest BCUT2D eigenvalue weighted by atomic mass is 16.2. The van der Waals surface area contributed by atoms with Gasteiger partial charge in [-0.2, -0.15) is 0 Å². The van der Waals surface area contributed by atoms with Crippen LogP contribution in [0, 0.1) is 6.92 Å². The van der Waals surface area contributed by atoms with Crippen molar-refractivity contribution in [2.45, 2.75) is 6.92 Å². The summed E-state index contributed by atoms with van der Waals surface area (Å²) in [4.78, 5) is 27.0. The molecule has 1 fully saturated rings. The van der Waals surface area contributed by atoms with Gasteiger partial charge in [0, 0.05) is 54.1 Å². The average Bonchev–Trinajstić information content (AvgIpc) is 2.98. The van der Waals surface area contributed by atoms with Crippen molar-refractivity contribution in [1.82, 2.24) is 14.9 Å². The van der Waals surface area contributed by atoms with E-state index >= 15 is 0 Å². The smallest absolute Gasteiger partial charge is 0.253 e. The zero-order valence-electron chi connectivity index (χ0n) is 21.3. The molecule has 6 rings (SSSR count). The number of amides is 1. The lowest BCUT2D eigenvalue weighted by Crippen LogP contribution is -2.48. The van der Waals surface area contributed by atoms with Crippen LogP contribution >= 0.6 is 0 Å². The Hall–Kier alpha value is -4.71. The Bertz CT molecular complexity index is 1560. The number of benzene rings is 4. The number of nitrogens with zero attached hydrogens (tertiary/aromatic N) is 4. The van der Waals surface area contributed by atoms with E-state index < -0.39 is 0 Å². The predicted molar refractivity (Wildman–Crippen MR) is 154 cm³/mol. The number of hydrogen-bond donors (Lipinski definition) is 1. The number of aromatic nitrogens is 2. The molecule has 0 bridgehead atoms. The van der Waals surface area contributed by atoms with Crippen LogP contribution in [0.25, 0.3) is 22.2 Å². The molecule has 1 aliphatic rings. The molecule has 0 aliphatic carbocycles. The summed E-state index contributed by atoms with van der Waals surface area (Å²) in [7, 11) is 0. The summed E-state index contributed by atoms with van der Waals surface area (Å²) in [5.74, 6) is 0.587. The van der Waals surface area contributed by atoms with Gasteiger partial charge in [0.25, 0.3) is 5.91 Å². The molecule has 4 aromatic carbocycles. The van der Waals surface area contributed by atoms with Crippen LogP contribution in [-0.2, 0) is 0 Å². The van der Waals surface area contributed by atoms with Gasteiger partial charge in [-0.25, -0.2) is 9.97 Å². The molecular weight excluding hydrogens is 470 g/mol. The standard InChI is InChI=1S/C32H29N5O/c1-23-12-17-29-28(22-23)30(24-8-4-2-5-9-24)35-32(34-29)33-26-15-13-25(14-16-26)31(38)37-20-18-36(19-21-37)27-10-6-3-7-11-27/h2-17,22H,18-21H2,1H3,(H,33,34,35). The average molecular weight is 500 g/mol. The van der Waals surface area contributed by atoms with Gasteiger partial charge < -0.3 is 15.1 Å². The van der Waals surface area contributed by atoms with E-state index in [-0.39, 0.29) is 5.91 Å². The molecule has 1 N–H and O–H groups in total. The maximum Gasteiger partial charge on any atom is 0.253 e. The van der Waals surface area contributed by atoms with Gasteiger partial charge in [-0.05, 0) is 55.5 Å². The topological polar surface area (TPSA) is 61.4 Å². The van der Waals surface area contributed by atoms with Crippen molar-refractivity contribution >= 4 is 34.1 Å². The summed E-state index contributed by atoms with van der Waals surface area (Å²) in [6.07, 6.45) is 0. The van der Waals surface area contributed by atoms with Crippen LogP contribution in [0.1, 0.15) is 15.9 Å². The number of hydrogen-bond acceptors (Lipinski definition) is 5. The number of carbonyl (C=O) groups is 1. The molecule has 1 aromatic heterocycles. The van der Waals surface area contributed by atoms with Crippen molar-refractivity contribution in [2.24, 2.45) is 0 Å². The minimum absolute atomic E-state index is 0.0629. The number of piperazine rings is 1. The van der Waals surface area contributed by atoms with Crippen LogP contribution in [0.4, 0.5) is 17.3 Å². The van der Waals surface area contributed by atoms with Crippen molar-refractivity contribution in [1.29, 1.82) is 0 Å². The second kappa shape index (κ2) is 10.3. The number of anilines is 3. The Morgan fingerprint density at radius 2 is 1.45 bits per heavy atom. The molecule has 2 heterocycles. The van der Waals surface area contributed by atoms with Crippen LogP contribution in [0.2, 0.25) is 0 Å². The van der Waals surface area contributed by atoms with Gasteiger partial charge in [-0.3, -0.25) is 4.79 Å². The molecule has 6 nitrogen and oxygen atoms in total. The summed E-state index contributed by atoms with van der Waals surface area (Å²) in [5, 5.41) is 4.36. The van der Waals surface area contributed by atoms with Crippen molar-refractivity contribution in [3.05, 3.63) is 114 Å². The first-order valence-electron chi connectivity index (χ1n) is 12.9. The molecule has 5 aromatic rings. The number of rotatable bonds is 5. The van der Waals surface area contributed by atoms with Crippen LogP contribution in [0.3, 0.4) is 0 Å². The van der Waals surface area contributed by atoms with Crippen molar-refractivity contribution < 1.29 is 4.79 Å². The second-order valence-electron chi connectivity index (χ2n) is 9.60. The molecule has 0 atom stereocenters. The third-order valence-electron chi connectivity index (χ3n) is 6.97. The zero-order chi connectivity index (χ0) is 25.9. The highest BCUT2D eigenvalue weighted by Crippen LogP contribution is 2.29. The maximum atomic E-state index is 13.2. The Labute approximate surface area is 222 Å². The maximum absolute atomic E-state index is 13.2. The third kappa shape index (κ3) is 4.93.